The molecule has 2 aliphatic rings. The van der Waals surface area contributed by atoms with Crippen LogP contribution in [-0.2, 0) is 0 Å². The van der Waals surface area contributed by atoms with E-state index in [1.165, 1.54) is 32.1 Å². The lowest BCUT2D eigenvalue weighted by atomic mass is 9.62. The van der Waals surface area contributed by atoms with Crippen LogP contribution in [0.5, 0.6) is 0 Å². The van der Waals surface area contributed by atoms with E-state index < -0.39 is 0 Å². The molecule has 0 heteroatoms. The van der Waals surface area contributed by atoms with Gasteiger partial charge in [-0.1, -0.05) is 41.5 Å². The number of hydrogen-bond acceptors (Lipinski definition) is 0. The summed E-state index contributed by atoms with van der Waals surface area (Å²) < 4.78 is 0. The molecule has 0 heterocycles. The summed E-state index contributed by atoms with van der Waals surface area (Å²) in [5, 5.41) is 0. The van der Waals surface area contributed by atoms with Gasteiger partial charge in [0.15, 0.2) is 0 Å². The first kappa shape index (κ1) is 13.4. The molecule has 2 fully saturated rings. The normalized spacial score (nSPS) is 39.2. The van der Waals surface area contributed by atoms with Gasteiger partial charge in [0, 0.05) is 0 Å². The van der Waals surface area contributed by atoms with Crippen LogP contribution in [0, 0.1) is 34.5 Å². The zero-order valence-electron chi connectivity index (χ0n) is 12.8. The standard InChI is InChI=1S/C17H32/c1-16(2,3)13-8-9-14-12(11-13)7-10-15(14)17(4,5)6/h12-15H,7-11H2,1-6H3. The van der Waals surface area contributed by atoms with Crippen LogP contribution >= 0.6 is 0 Å². The molecule has 0 saturated heterocycles. The fraction of sp³-hybridized carbons (Fsp3) is 1.00. The van der Waals surface area contributed by atoms with Crippen molar-refractivity contribution in [1.29, 1.82) is 0 Å². The van der Waals surface area contributed by atoms with Crippen molar-refractivity contribution in [2.45, 2.75) is 73.6 Å². The van der Waals surface area contributed by atoms with Crippen molar-refractivity contribution < 1.29 is 0 Å². The summed E-state index contributed by atoms with van der Waals surface area (Å²) >= 11 is 0. The summed E-state index contributed by atoms with van der Waals surface area (Å²) in [5.41, 5.74) is 1.07. The van der Waals surface area contributed by atoms with Crippen molar-refractivity contribution in [1.82, 2.24) is 0 Å². The molecule has 2 saturated carbocycles. The number of hydrogen-bond donors (Lipinski definition) is 0. The first-order valence-electron chi connectivity index (χ1n) is 7.69. The fourth-order valence-corrected chi connectivity index (χ4v) is 4.62. The van der Waals surface area contributed by atoms with Gasteiger partial charge in [-0.2, -0.15) is 0 Å². The van der Waals surface area contributed by atoms with E-state index in [1.807, 2.05) is 0 Å². The Kier molecular flexibility index (Phi) is 3.38. The average Bonchev–Trinajstić information content (AvgIpc) is 2.57. The highest BCUT2D eigenvalue weighted by Crippen LogP contribution is 2.55. The van der Waals surface area contributed by atoms with Gasteiger partial charge in [-0.3, -0.25) is 0 Å². The van der Waals surface area contributed by atoms with E-state index in [-0.39, 0.29) is 0 Å². The highest BCUT2D eigenvalue weighted by atomic mass is 14.5. The second-order valence-electron chi connectivity index (χ2n) is 8.85. The highest BCUT2D eigenvalue weighted by molar-refractivity contribution is 4.95. The molecule has 0 aromatic heterocycles. The minimum Gasteiger partial charge on any atom is -0.0599 e. The molecule has 0 N–H and O–H groups in total. The Morgan fingerprint density at radius 1 is 0.706 bits per heavy atom. The van der Waals surface area contributed by atoms with Gasteiger partial charge in [-0.15, -0.1) is 0 Å². The maximum absolute atomic E-state index is 2.45. The van der Waals surface area contributed by atoms with Gasteiger partial charge in [-0.25, -0.2) is 0 Å². The minimum absolute atomic E-state index is 0.533. The quantitative estimate of drug-likeness (QED) is 0.519. The molecule has 0 radical (unpaired) electrons. The van der Waals surface area contributed by atoms with Gasteiger partial charge in [0.1, 0.15) is 0 Å². The largest absolute Gasteiger partial charge is 0.0599 e. The number of fused-ring (bicyclic) bond motifs is 1. The fourth-order valence-electron chi connectivity index (χ4n) is 4.62. The van der Waals surface area contributed by atoms with Crippen LogP contribution in [0.3, 0.4) is 0 Å². The Hall–Kier alpha value is 0. The van der Waals surface area contributed by atoms with Gasteiger partial charge in [0.2, 0.25) is 0 Å². The van der Waals surface area contributed by atoms with Crippen LogP contribution in [0.25, 0.3) is 0 Å². The molecule has 4 atom stereocenters. The van der Waals surface area contributed by atoms with Crippen molar-refractivity contribution in [3.05, 3.63) is 0 Å². The van der Waals surface area contributed by atoms with Crippen molar-refractivity contribution in [3.8, 4) is 0 Å². The molecule has 17 heavy (non-hydrogen) atoms. The molecule has 2 aliphatic carbocycles. The molecule has 0 aromatic carbocycles. The Balaban J connectivity index is 2.03. The molecule has 0 nitrogen and oxygen atoms in total. The van der Waals surface area contributed by atoms with Gasteiger partial charge in [0.25, 0.3) is 0 Å². The lowest BCUT2D eigenvalue weighted by molar-refractivity contribution is 0.0703. The second kappa shape index (κ2) is 4.28. The predicted molar refractivity (Wildman–Crippen MR) is 76.0 cm³/mol. The van der Waals surface area contributed by atoms with Gasteiger partial charge in [0.05, 0.1) is 0 Å². The topological polar surface area (TPSA) is 0 Å². The Bertz CT molecular complexity index is 263. The Morgan fingerprint density at radius 3 is 1.88 bits per heavy atom. The van der Waals surface area contributed by atoms with Gasteiger partial charge >= 0.3 is 0 Å². The average molecular weight is 236 g/mol. The third-order valence-corrected chi connectivity index (χ3v) is 5.74. The second-order valence-corrected chi connectivity index (χ2v) is 8.85. The van der Waals surface area contributed by atoms with Crippen LogP contribution in [0.4, 0.5) is 0 Å². The monoisotopic (exact) mass is 236 g/mol. The zero-order valence-corrected chi connectivity index (χ0v) is 12.8. The molecule has 0 aliphatic heterocycles. The zero-order chi connectivity index (χ0) is 12.8. The van der Waals surface area contributed by atoms with Crippen LogP contribution in [0.15, 0.2) is 0 Å². The van der Waals surface area contributed by atoms with Gasteiger partial charge in [-0.05, 0) is 66.6 Å². The van der Waals surface area contributed by atoms with Crippen molar-refractivity contribution in [2.75, 3.05) is 0 Å². The molecule has 4 unspecified atom stereocenters. The van der Waals surface area contributed by atoms with E-state index in [0.29, 0.717) is 10.8 Å². The summed E-state index contributed by atoms with van der Waals surface area (Å²) in [6.07, 6.45) is 7.52. The van der Waals surface area contributed by atoms with E-state index in [2.05, 4.69) is 41.5 Å². The molecule has 0 bridgehead atoms. The lowest BCUT2D eigenvalue weighted by Gasteiger charge is -2.43. The number of rotatable bonds is 0. The summed E-state index contributed by atoms with van der Waals surface area (Å²) in [7, 11) is 0. The van der Waals surface area contributed by atoms with Crippen LogP contribution in [-0.4, -0.2) is 0 Å². The summed E-state index contributed by atoms with van der Waals surface area (Å²) in [6.45, 7) is 14.7. The van der Waals surface area contributed by atoms with Crippen LogP contribution in [0.2, 0.25) is 0 Å². The molecule has 0 spiro atoms. The lowest BCUT2D eigenvalue weighted by Crippen LogP contribution is -2.34. The summed E-state index contributed by atoms with van der Waals surface area (Å²) in [4.78, 5) is 0. The molecule has 100 valence electrons. The Morgan fingerprint density at radius 2 is 1.35 bits per heavy atom. The smallest absolute Gasteiger partial charge is 0.0334 e. The van der Waals surface area contributed by atoms with Crippen molar-refractivity contribution >= 4 is 0 Å². The molecular formula is C17H32. The first-order valence-corrected chi connectivity index (χ1v) is 7.69. The summed E-state index contributed by atoms with van der Waals surface area (Å²) in [5.74, 6) is 4.07. The van der Waals surface area contributed by atoms with E-state index in [4.69, 9.17) is 0 Å². The van der Waals surface area contributed by atoms with Crippen molar-refractivity contribution in [2.24, 2.45) is 34.5 Å². The predicted octanol–water partition coefficient (Wildman–Crippen LogP) is 5.52. The van der Waals surface area contributed by atoms with E-state index in [9.17, 15) is 0 Å². The SMILES string of the molecule is CC(C)(C)C1CCC2C(CCC2C(C)(C)C)C1. The van der Waals surface area contributed by atoms with Gasteiger partial charge < -0.3 is 0 Å². The van der Waals surface area contributed by atoms with Crippen LogP contribution < -0.4 is 0 Å². The molecule has 0 amide bonds. The minimum atomic E-state index is 0.533. The third-order valence-electron chi connectivity index (χ3n) is 5.74. The highest BCUT2D eigenvalue weighted by Gasteiger charge is 2.45. The Labute approximate surface area is 109 Å². The summed E-state index contributed by atoms with van der Waals surface area (Å²) in [6, 6.07) is 0. The first-order chi connectivity index (χ1) is 7.69. The van der Waals surface area contributed by atoms with E-state index in [1.54, 1.807) is 0 Å². The van der Waals surface area contributed by atoms with Crippen molar-refractivity contribution in [3.63, 3.8) is 0 Å². The molecule has 0 aromatic rings. The van der Waals surface area contributed by atoms with E-state index >= 15 is 0 Å². The molecule has 2 rings (SSSR count). The van der Waals surface area contributed by atoms with Crippen LogP contribution in [0.1, 0.15) is 73.6 Å². The maximum atomic E-state index is 2.45. The molecular weight excluding hydrogens is 204 g/mol. The third kappa shape index (κ3) is 2.71. The maximum Gasteiger partial charge on any atom is -0.0334 e. The van der Waals surface area contributed by atoms with E-state index in [0.717, 1.165) is 23.7 Å².